The van der Waals surface area contributed by atoms with Gasteiger partial charge in [0.05, 0.1) is 5.56 Å². The summed E-state index contributed by atoms with van der Waals surface area (Å²) in [5.41, 5.74) is 1.75. The molecule has 0 aliphatic heterocycles. The molecule has 0 bridgehead atoms. The molecule has 0 atom stereocenters. The van der Waals surface area contributed by atoms with E-state index in [1.165, 1.54) is 11.8 Å². The highest BCUT2D eigenvalue weighted by Gasteiger charge is 2.16. The van der Waals surface area contributed by atoms with Gasteiger partial charge in [0, 0.05) is 30.4 Å². The standard InChI is InChI=1S/C22H24N4O2S/c1-16-8-10-17(11-9-16)28-21-22(25-13-12-24-21)29-19-7-5-4-6-18(19)20(27)23-14-15-26(2)3/h4-13H,14-15H2,1-3H3,(H,23,27). The van der Waals surface area contributed by atoms with Crippen LogP contribution in [0.25, 0.3) is 0 Å². The fourth-order valence-corrected chi connectivity index (χ4v) is 3.43. The predicted molar refractivity (Wildman–Crippen MR) is 115 cm³/mol. The van der Waals surface area contributed by atoms with Crippen LogP contribution in [0.15, 0.2) is 70.8 Å². The first-order chi connectivity index (χ1) is 14.0. The number of likely N-dealkylation sites (N-methyl/N-ethyl adjacent to an activating group) is 1. The zero-order valence-electron chi connectivity index (χ0n) is 16.8. The second kappa shape index (κ2) is 10.0. The summed E-state index contributed by atoms with van der Waals surface area (Å²) in [7, 11) is 3.94. The number of aromatic nitrogens is 2. The third-order valence-corrected chi connectivity index (χ3v) is 5.10. The van der Waals surface area contributed by atoms with Crippen molar-refractivity contribution in [3.05, 3.63) is 72.1 Å². The van der Waals surface area contributed by atoms with Crippen LogP contribution in [0.2, 0.25) is 0 Å². The average molecular weight is 409 g/mol. The molecule has 1 aromatic heterocycles. The minimum absolute atomic E-state index is 0.111. The van der Waals surface area contributed by atoms with Crippen molar-refractivity contribution in [1.29, 1.82) is 0 Å². The van der Waals surface area contributed by atoms with Crippen molar-refractivity contribution in [2.75, 3.05) is 27.2 Å². The minimum atomic E-state index is -0.111. The Hall–Kier alpha value is -2.90. The molecule has 0 aliphatic carbocycles. The Bertz CT molecular complexity index is 961. The smallest absolute Gasteiger partial charge is 0.252 e. The van der Waals surface area contributed by atoms with Crippen molar-refractivity contribution in [3.8, 4) is 11.6 Å². The lowest BCUT2D eigenvalue weighted by Crippen LogP contribution is -2.31. The van der Waals surface area contributed by atoms with E-state index in [1.807, 2.05) is 74.4 Å². The second-order valence-corrected chi connectivity index (χ2v) is 7.77. The van der Waals surface area contributed by atoms with Crippen LogP contribution in [0.4, 0.5) is 0 Å². The van der Waals surface area contributed by atoms with E-state index in [0.29, 0.717) is 28.8 Å². The number of carbonyl (C=O) groups excluding carboxylic acids is 1. The van der Waals surface area contributed by atoms with Gasteiger partial charge in [-0.1, -0.05) is 41.6 Å². The van der Waals surface area contributed by atoms with Gasteiger partial charge < -0.3 is 15.0 Å². The van der Waals surface area contributed by atoms with Crippen LogP contribution in [-0.4, -0.2) is 48.0 Å². The van der Waals surface area contributed by atoms with Crippen LogP contribution in [0.5, 0.6) is 11.6 Å². The molecule has 0 radical (unpaired) electrons. The highest BCUT2D eigenvalue weighted by molar-refractivity contribution is 7.99. The molecule has 2 aromatic carbocycles. The number of benzene rings is 2. The normalized spacial score (nSPS) is 10.8. The number of hydrogen-bond donors (Lipinski definition) is 1. The summed E-state index contributed by atoms with van der Waals surface area (Å²) in [6.45, 7) is 3.38. The molecule has 150 valence electrons. The van der Waals surface area contributed by atoms with Gasteiger partial charge in [0.2, 0.25) is 0 Å². The molecule has 1 heterocycles. The Morgan fingerprint density at radius 3 is 2.55 bits per heavy atom. The topological polar surface area (TPSA) is 67.3 Å². The van der Waals surface area contributed by atoms with Gasteiger partial charge in [-0.3, -0.25) is 4.79 Å². The van der Waals surface area contributed by atoms with Crippen molar-refractivity contribution < 1.29 is 9.53 Å². The van der Waals surface area contributed by atoms with E-state index in [0.717, 1.165) is 17.0 Å². The summed E-state index contributed by atoms with van der Waals surface area (Å²) in [6.07, 6.45) is 3.21. The summed E-state index contributed by atoms with van der Waals surface area (Å²) in [5, 5.41) is 3.55. The zero-order valence-corrected chi connectivity index (χ0v) is 17.6. The first-order valence-corrected chi connectivity index (χ1v) is 10.1. The number of nitrogens with zero attached hydrogens (tertiary/aromatic N) is 3. The highest BCUT2D eigenvalue weighted by Crippen LogP contribution is 2.35. The maximum atomic E-state index is 12.6. The molecule has 7 heteroatoms. The number of ether oxygens (including phenoxy) is 1. The number of amides is 1. The summed E-state index contributed by atoms with van der Waals surface area (Å²) >= 11 is 1.36. The van der Waals surface area contributed by atoms with Crippen LogP contribution >= 0.6 is 11.8 Å². The zero-order chi connectivity index (χ0) is 20.6. The SMILES string of the molecule is Cc1ccc(Oc2nccnc2Sc2ccccc2C(=O)NCCN(C)C)cc1. The van der Waals surface area contributed by atoms with E-state index in [-0.39, 0.29) is 5.91 Å². The molecule has 1 amide bonds. The Kier molecular flexibility index (Phi) is 7.21. The molecule has 3 aromatic rings. The monoisotopic (exact) mass is 408 g/mol. The Labute approximate surface area is 175 Å². The van der Waals surface area contributed by atoms with Crippen LogP contribution in [0, 0.1) is 6.92 Å². The Balaban J connectivity index is 1.78. The van der Waals surface area contributed by atoms with Crippen molar-refractivity contribution in [1.82, 2.24) is 20.2 Å². The Morgan fingerprint density at radius 1 is 1.07 bits per heavy atom. The third kappa shape index (κ3) is 6.04. The van der Waals surface area contributed by atoms with Crippen LogP contribution in [-0.2, 0) is 0 Å². The summed E-state index contributed by atoms with van der Waals surface area (Å²) in [6, 6.07) is 15.2. The molecule has 29 heavy (non-hydrogen) atoms. The number of hydrogen-bond acceptors (Lipinski definition) is 6. The van der Waals surface area contributed by atoms with Gasteiger partial charge in [0.15, 0.2) is 5.03 Å². The highest BCUT2D eigenvalue weighted by atomic mass is 32.2. The number of nitrogens with one attached hydrogen (secondary N) is 1. The minimum Gasteiger partial charge on any atom is -0.437 e. The van der Waals surface area contributed by atoms with Gasteiger partial charge in [-0.25, -0.2) is 9.97 Å². The lowest BCUT2D eigenvalue weighted by atomic mass is 10.2. The molecule has 0 unspecified atom stereocenters. The molecule has 0 aliphatic rings. The molecule has 6 nitrogen and oxygen atoms in total. The largest absolute Gasteiger partial charge is 0.437 e. The van der Waals surface area contributed by atoms with Crippen molar-refractivity contribution in [2.45, 2.75) is 16.8 Å². The van der Waals surface area contributed by atoms with Crippen molar-refractivity contribution in [2.24, 2.45) is 0 Å². The first-order valence-electron chi connectivity index (χ1n) is 9.28. The van der Waals surface area contributed by atoms with E-state index in [9.17, 15) is 4.79 Å². The molecular formula is C22H24N4O2S. The van der Waals surface area contributed by atoms with Crippen molar-refractivity contribution in [3.63, 3.8) is 0 Å². The molecule has 0 saturated heterocycles. The second-order valence-electron chi connectivity index (χ2n) is 6.74. The fraction of sp³-hybridized carbons (Fsp3) is 0.227. The van der Waals surface area contributed by atoms with Gasteiger partial charge >= 0.3 is 0 Å². The van der Waals surface area contributed by atoms with Crippen LogP contribution in [0.1, 0.15) is 15.9 Å². The molecular weight excluding hydrogens is 384 g/mol. The number of carbonyl (C=O) groups is 1. The van der Waals surface area contributed by atoms with Gasteiger partial charge in [0.25, 0.3) is 11.8 Å². The third-order valence-electron chi connectivity index (χ3n) is 4.05. The molecule has 1 N–H and O–H groups in total. The van der Waals surface area contributed by atoms with Crippen LogP contribution < -0.4 is 10.1 Å². The van der Waals surface area contributed by atoms with E-state index >= 15 is 0 Å². The van der Waals surface area contributed by atoms with Gasteiger partial charge in [-0.15, -0.1) is 0 Å². The summed E-state index contributed by atoms with van der Waals surface area (Å²) in [4.78, 5) is 24.2. The summed E-state index contributed by atoms with van der Waals surface area (Å²) in [5.74, 6) is 0.983. The average Bonchev–Trinajstić information content (AvgIpc) is 2.71. The lowest BCUT2D eigenvalue weighted by molar-refractivity contribution is 0.0948. The van der Waals surface area contributed by atoms with Gasteiger partial charge in [-0.2, -0.15) is 0 Å². The van der Waals surface area contributed by atoms with Gasteiger partial charge in [0.1, 0.15) is 5.75 Å². The molecule has 0 fully saturated rings. The van der Waals surface area contributed by atoms with Crippen molar-refractivity contribution >= 4 is 17.7 Å². The fourth-order valence-electron chi connectivity index (χ4n) is 2.51. The quantitative estimate of drug-likeness (QED) is 0.607. The van der Waals surface area contributed by atoms with E-state index in [1.54, 1.807) is 12.4 Å². The first kappa shape index (κ1) is 20.8. The van der Waals surface area contributed by atoms with Crippen LogP contribution in [0.3, 0.4) is 0 Å². The maximum Gasteiger partial charge on any atom is 0.252 e. The van der Waals surface area contributed by atoms with E-state index in [2.05, 4.69) is 15.3 Å². The van der Waals surface area contributed by atoms with E-state index < -0.39 is 0 Å². The Morgan fingerprint density at radius 2 is 1.79 bits per heavy atom. The predicted octanol–water partition coefficient (Wildman–Crippen LogP) is 4.02. The van der Waals surface area contributed by atoms with E-state index in [4.69, 9.17) is 4.74 Å². The lowest BCUT2D eigenvalue weighted by Gasteiger charge is -2.13. The number of aryl methyl sites for hydroxylation is 1. The summed E-state index contributed by atoms with van der Waals surface area (Å²) < 4.78 is 5.93. The number of rotatable bonds is 8. The molecule has 0 spiro atoms. The molecule has 3 rings (SSSR count). The molecule has 0 saturated carbocycles. The maximum absolute atomic E-state index is 12.6. The van der Waals surface area contributed by atoms with Gasteiger partial charge in [-0.05, 0) is 45.3 Å².